The van der Waals surface area contributed by atoms with E-state index >= 15 is 0 Å². The Morgan fingerprint density at radius 2 is 1.24 bits per heavy atom. The van der Waals surface area contributed by atoms with Crippen molar-refractivity contribution in [2.75, 3.05) is 0 Å². The van der Waals surface area contributed by atoms with E-state index in [4.69, 9.17) is 43.0 Å². The molecule has 0 saturated carbocycles. The van der Waals surface area contributed by atoms with Gasteiger partial charge in [-0.1, -0.05) is 23.2 Å². The smallest absolute Gasteiger partial charge is 0.525 e. The summed E-state index contributed by atoms with van der Waals surface area (Å²) in [6.07, 6.45) is 0. The first-order valence-electron chi connectivity index (χ1n) is 5.68. The van der Waals surface area contributed by atoms with Gasteiger partial charge in [0.1, 0.15) is 11.5 Å². The van der Waals surface area contributed by atoms with Gasteiger partial charge >= 0.3 is 7.69 Å². The highest BCUT2D eigenvalue weighted by Crippen LogP contribution is 2.27. The lowest BCUT2D eigenvalue weighted by Crippen LogP contribution is -2.11. The van der Waals surface area contributed by atoms with Crippen LogP contribution in [0.15, 0.2) is 36.4 Å². The molecule has 0 aliphatic rings. The third-order valence-electron chi connectivity index (χ3n) is 2.47. The topological polar surface area (TPSA) is 66.0 Å². The van der Waals surface area contributed by atoms with Crippen molar-refractivity contribution in [3.8, 4) is 23.6 Å². The molecule has 101 valence electrons. The summed E-state index contributed by atoms with van der Waals surface area (Å²) in [4.78, 5) is 0. The average molecular weight is 316 g/mol. The molecule has 0 N–H and O–H groups in total. The predicted molar refractivity (Wildman–Crippen MR) is 79.3 cm³/mol. The van der Waals surface area contributed by atoms with E-state index in [1.54, 1.807) is 24.3 Å². The molecular formula is C14H6BCl2N2O2. The molecule has 21 heavy (non-hydrogen) atoms. The molecule has 0 bridgehead atoms. The lowest BCUT2D eigenvalue weighted by Gasteiger charge is -2.09. The van der Waals surface area contributed by atoms with Crippen molar-refractivity contribution >= 4 is 30.9 Å². The quantitative estimate of drug-likeness (QED) is 0.806. The second-order valence-corrected chi connectivity index (χ2v) is 4.66. The summed E-state index contributed by atoms with van der Waals surface area (Å²) in [7, 11) is 1.07. The Labute approximate surface area is 132 Å². The fourth-order valence-corrected chi connectivity index (χ4v) is 1.91. The van der Waals surface area contributed by atoms with E-state index in [9.17, 15) is 0 Å². The molecule has 0 spiro atoms. The largest absolute Gasteiger partial charge is 0.658 e. The third kappa shape index (κ3) is 3.82. The Morgan fingerprint density at radius 1 is 0.810 bits per heavy atom. The molecule has 4 nitrogen and oxygen atoms in total. The van der Waals surface area contributed by atoms with E-state index < -0.39 is 0 Å². The second-order valence-electron chi connectivity index (χ2n) is 3.85. The van der Waals surface area contributed by atoms with Gasteiger partial charge < -0.3 is 9.31 Å². The minimum absolute atomic E-state index is 0.292. The fraction of sp³-hybridized carbons (Fsp3) is 0. The van der Waals surface area contributed by atoms with Gasteiger partial charge in [0.05, 0.1) is 33.3 Å². The summed E-state index contributed by atoms with van der Waals surface area (Å²) in [5.74, 6) is 0.695. The van der Waals surface area contributed by atoms with Crippen LogP contribution in [0.2, 0.25) is 10.0 Å². The molecule has 2 aromatic carbocycles. The van der Waals surface area contributed by atoms with Crippen molar-refractivity contribution in [3.63, 3.8) is 0 Å². The van der Waals surface area contributed by atoms with Gasteiger partial charge in [0, 0.05) is 0 Å². The van der Waals surface area contributed by atoms with Gasteiger partial charge in [-0.25, -0.2) is 0 Å². The van der Waals surface area contributed by atoms with Crippen molar-refractivity contribution in [2.45, 2.75) is 0 Å². The van der Waals surface area contributed by atoms with Crippen LogP contribution in [0.4, 0.5) is 0 Å². The van der Waals surface area contributed by atoms with Crippen molar-refractivity contribution in [3.05, 3.63) is 57.6 Å². The number of hydrogen-bond acceptors (Lipinski definition) is 4. The molecule has 0 heterocycles. The summed E-state index contributed by atoms with van der Waals surface area (Å²) >= 11 is 11.9. The zero-order chi connectivity index (χ0) is 15.2. The monoisotopic (exact) mass is 315 g/mol. The summed E-state index contributed by atoms with van der Waals surface area (Å²) < 4.78 is 10.5. The summed E-state index contributed by atoms with van der Waals surface area (Å²) in [6, 6.07) is 13.2. The lowest BCUT2D eigenvalue weighted by atomic mass is 10.2. The van der Waals surface area contributed by atoms with Gasteiger partial charge in [0.2, 0.25) is 0 Å². The van der Waals surface area contributed by atoms with Crippen LogP contribution in [0.3, 0.4) is 0 Å². The normalized spacial score (nSPS) is 9.33. The summed E-state index contributed by atoms with van der Waals surface area (Å²) in [5, 5.41) is 18.0. The van der Waals surface area contributed by atoms with Gasteiger partial charge in [-0.15, -0.1) is 0 Å². The molecule has 0 aromatic heterocycles. The molecule has 0 amide bonds. The number of nitrogens with zero attached hydrogens (tertiary/aromatic N) is 2. The average Bonchev–Trinajstić information content (AvgIpc) is 2.50. The van der Waals surface area contributed by atoms with E-state index in [0.29, 0.717) is 32.7 Å². The van der Waals surface area contributed by atoms with Gasteiger partial charge in [0.25, 0.3) is 0 Å². The van der Waals surface area contributed by atoms with Crippen LogP contribution in [0.25, 0.3) is 0 Å². The highest BCUT2D eigenvalue weighted by Gasteiger charge is 2.09. The Hall–Kier alpha value is -2.34. The zero-order valence-corrected chi connectivity index (χ0v) is 12.0. The Balaban J connectivity index is 1.99. The SMILES string of the molecule is N#Cc1ccc(O[B]Oc2ccc(C#N)cc2Cl)c(Cl)c1. The van der Waals surface area contributed by atoms with Gasteiger partial charge in [0.15, 0.2) is 0 Å². The van der Waals surface area contributed by atoms with E-state index in [-0.39, 0.29) is 0 Å². The maximum Gasteiger partial charge on any atom is 0.658 e. The zero-order valence-electron chi connectivity index (χ0n) is 10.5. The first-order chi connectivity index (χ1) is 10.1. The van der Waals surface area contributed by atoms with E-state index in [1.807, 2.05) is 12.1 Å². The molecule has 2 rings (SSSR count). The van der Waals surface area contributed by atoms with Crippen molar-refractivity contribution in [1.82, 2.24) is 0 Å². The molecule has 0 unspecified atom stereocenters. The van der Waals surface area contributed by atoms with Crippen molar-refractivity contribution in [1.29, 1.82) is 10.5 Å². The van der Waals surface area contributed by atoms with Gasteiger partial charge in [-0.05, 0) is 36.4 Å². The second kappa shape index (κ2) is 6.90. The lowest BCUT2D eigenvalue weighted by molar-refractivity contribution is 0.459. The number of benzene rings is 2. The van der Waals surface area contributed by atoms with Crippen LogP contribution in [0, 0.1) is 22.7 Å². The molecule has 0 atom stereocenters. The summed E-state index contributed by atoms with van der Waals surface area (Å²) in [5.41, 5.74) is 0.867. The van der Waals surface area contributed by atoms with Crippen LogP contribution >= 0.6 is 23.2 Å². The van der Waals surface area contributed by atoms with Crippen LogP contribution in [-0.2, 0) is 0 Å². The molecule has 0 aliphatic heterocycles. The number of nitriles is 2. The van der Waals surface area contributed by atoms with E-state index in [0.717, 1.165) is 7.69 Å². The molecule has 0 saturated heterocycles. The van der Waals surface area contributed by atoms with Crippen LogP contribution in [-0.4, -0.2) is 7.69 Å². The number of rotatable bonds is 4. The third-order valence-corrected chi connectivity index (χ3v) is 3.06. The first-order valence-corrected chi connectivity index (χ1v) is 6.44. The standard InChI is InChI=1S/C14H6BCl2N2O2/c16-11-5-9(7-18)1-3-13(11)20-15-21-14-4-2-10(8-19)6-12(14)17/h1-6H. The number of halogens is 2. The van der Waals surface area contributed by atoms with Gasteiger partial charge in [-0.2, -0.15) is 10.5 Å². The van der Waals surface area contributed by atoms with Gasteiger partial charge in [-0.3, -0.25) is 0 Å². The minimum atomic E-state index is 0.292. The van der Waals surface area contributed by atoms with E-state index in [1.165, 1.54) is 12.1 Å². The maximum absolute atomic E-state index is 8.73. The molecular weight excluding hydrogens is 310 g/mol. The number of hydrogen-bond donors (Lipinski definition) is 0. The maximum atomic E-state index is 8.73. The molecule has 2 aromatic rings. The Bertz CT molecular complexity index is 690. The summed E-state index contributed by atoms with van der Waals surface area (Å²) in [6.45, 7) is 0. The molecule has 7 heteroatoms. The fourth-order valence-electron chi connectivity index (χ4n) is 1.46. The highest BCUT2D eigenvalue weighted by atomic mass is 35.5. The molecule has 0 aliphatic carbocycles. The van der Waals surface area contributed by atoms with E-state index in [2.05, 4.69) is 0 Å². The highest BCUT2D eigenvalue weighted by molar-refractivity contribution is 6.34. The molecule has 1 radical (unpaired) electrons. The predicted octanol–water partition coefficient (Wildman–Crippen LogP) is 3.73. The minimum Gasteiger partial charge on any atom is -0.525 e. The molecule has 0 fully saturated rings. The van der Waals surface area contributed by atoms with Crippen LogP contribution in [0.5, 0.6) is 11.5 Å². The Kier molecular flexibility index (Phi) is 4.95. The van der Waals surface area contributed by atoms with Crippen LogP contribution < -0.4 is 9.31 Å². The Morgan fingerprint density at radius 3 is 1.57 bits per heavy atom. The van der Waals surface area contributed by atoms with Crippen LogP contribution in [0.1, 0.15) is 11.1 Å². The first kappa shape index (κ1) is 15.1. The van der Waals surface area contributed by atoms with Crippen molar-refractivity contribution < 1.29 is 9.31 Å². The van der Waals surface area contributed by atoms with Crippen molar-refractivity contribution in [2.24, 2.45) is 0 Å².